The summed E-state index contributed by atoms with van der Waals surface area (Å²) in [6.45, 7) is 0.978. The second kappa shape index (κ2) is 8.69. The van der Waals surface area contributed by atoms with Gasteiger partial charge in [0.05, 0.1) is 23.7 Å². The van der Waals surface area contributed by atoms with E-state index in [4.69, 9.17) is 14.0 Å². The largest absolute Gasteiger partial charge is 0.452 e. The van der Waals surface area contributed by atoms with Crippen LogP contribution in [0.5, 0.6) is 0 Å². The molecule has 2 aromatic heterocycles. The number of morpholine rings is 1. The maximum atomic E-state index is 12.8. The van der Waals surface area contributed by atoms with Gasteiger partial charge in [0.25, 0.3) is 5.89 Å². The van der Waals surface area contributed by atoms with Crippen molar-refractivity contribution in [1.29, 1.82) is 0 Å². The molecule has 156 valence electrons. The number of esters is 1. The first-order chi connectivity index (χ1) is 14.5. The molecule has 0 aliphatic carbocycles. The lowest BCUT2D eigenvalue weighted by Gasteiger charge is -2.26. The SMILES string of the molecule is O=C(OCc1nc(-c2cccnc2)no1)c1cccc(S(=O)(=O)N2CCOCC2)c1. The smallest absolute Gasteiger partial charge is 0.338 e. The molecule has 1 aliphatic heterocycles. The first-order valence-electron chi connectivity index (χ1n) is 9.12. The normalized spacial score (nSPS) is 15.1. The molecule has 30 heavy (non-hydrogen) atoms. The Hall–Kier alpha value is -3.15. The Morgan fingerprint density at radius 2 is 2.00 bits per heavy atom. The van der Waals surface area contributed by atoms with E-state index >= 15 is 0 Å². The lowest BCUT2D eigenvalue weighted by molar-refractivity contribution is 0.0429. The summed E-state index contributed by atoms with van der Waals surface area (Å²) in [5.74, 6) is -0.262. The molecule has 1 fully saturated rings. The third-order valence-corrected chi connectivity index (χ3v) is 6.29. The van der Waals surface area contributed by atoms with Gasteiger partial charge in [-0.15, -0.1) is 0 Å². The van der Waals surface area contributed by atoms with E-state index in [0.29, 0.717) is 24.6 Å². The van der Waals surface area contributed by atoms with Crippen LogP contribution in [-0.4, -0.2) is 60.1 Å². The lowest BCUT2D eigenvalue weighted by Crippen LogP contribution is -2.40. The maximum Gasteiger partial charge on any atom is 0.338 e. The van der Waals surface area contributed by atoms with Crippen LogP contribution in [0.15, 0.2) is 58.2 Å². The van der Waals surface area contributed by atoms with Crippen molar-refractivity contribution in [3.05, 3.63) is 60.2 Å². The lowest BCUT2D eigenvalue weighted by atomic mass is 10.2. The molecular weight excluding hydrogens is 412 g/mol. The van der Waals surface area contributed by atoms with Crippen LogP contribution in [0.2, 0.25) is 0 Å². The van der Waals surface area contributed by atoms with Crippen molar-refractivity contribution < 1.29 is 27.2 Å². The molecule has 0 spiro atoms. The van der Waals surface area contributed by atoms with E-state index in [0.717, 1.165) is 0 Å². The molecule has 0 bridgehead atoms. The first kappa shape index (κ1) is 20.1. The van der Waals surface area contributed by atoms with Crippen molar-refractivity contribution in [1.82, 2.24) is 19.4 Å². The van der Waals surface area contributed by atoms with Crippen LogP contribution in [0.1, 0.15) is 16.2 Å². The highest BCUT2D eigenvalue weighted by Crippen LogP contribution is 2.19. The second-order valence-electron chi connectivity index (χ2n) is 6.37. The van der Waals surface area contributed by atoms with Gasteiger partial charge in [0.15, 0.2) is 6.61 Å². The number of hydrogen-bond donors (Lipinski definition) is 0. The Bertz CT molecular complexity index is 1130. The van der Waals surface area contributed by atoms with Crippen molar-refractivity contribution in [3.8, 4) is 11.4 Å². The predicted octanol–water partition coefficient (Wildman–Crippen LogP) is 1.51. The zero-order chi connectivity index (χ0) is 21.0. The Balaban J connectivity index is 1.43. The van der Waals surface area contributed by atoms with Crippen molar-refractivity contribution in [2.45, 2.75) is 11.5 Å². The van der Waals surface area contributed by atoms with Gasteiger partial charge in [0, 0.05) is 31.0 Å². The zero-order valence-electron chi connectivity index (χ0n) is 15.8. The Morgan fingerprint density at radius 3 is 2.77 bits per heavy atom. The van der Waals surface area contributed by atoms with Crippen molar-refractivity contribution in [3.63, 3.8) is 0 Å². The quantitative estimate of drug-likeness (QED) is 0.535. The van der Waals surface area contributed by atoms with Gasteiger partial charge in [-0.05, 0) is 30.3 Å². The van der Waals surface area contributed by atoms with Gasteiger partial charge in [-0.3, -0.25) is 4.98 Å². The Kier molecular flexibility index (Phi) is 5.84. The van der Waals surface area contributed by atoms with Crippen molar-refractivity contribution in [2.75, 3.05) is 26.3 Å². The summed E-state index contributed by atoms with van der Waals surface area (Å²) >= 11 is 0. The molecule has 10 nitrogen and oxygen atoms in total. The van der Waals surface area contributed by atoms with Gasteiger partial charge < -0.3 is 14.0 Å². The molecule has 1 saturated heterocycles. The fraction of sp³-hybridized carbons (Fsp3) is 0.263. The number of ether oxygens (including phenoxy) is 2. The van der Waals surface area contributed by atoms with E-state index in [1.807, 2.05) is 0 Å². The van der Waals surface area contributed by atoms with Crippen molar-refractivity contribution in [2.24, 2.45) is 0 Å². The van der Waals surface area contributed by atoms with Crippen LogP contribution in [0, 0.1) is 0 Å². The number of carbonyl (C=O) groups is 1. The van der Waals surface area contributed by atoms with E-state index in [2.05, 4.69) is 15.1 Å². The summed E-state index contributed by atoms with van der Waals surface area (Å²) in [5.41, 5.74) is 0.774. The molecule has 0 saturated carbocycles. The summed E-state index contributed by atoms with van der Waals surface area (Å²) in [4.78, 5) is 20.6. The van der Waals surface area contributed by atoms with Gasteiger partial charge in [0.2, 0.25) is 15.8 Å². The molecule has 11 heteroatoms. The molecule has 1 aromatic carbocycles. The van der Waals surface area contributed by atoms with Gasteiger partial charge in [-0.25, -0.2) is 13.2 Å². The number of hydrogen-bond acceptors (Lipinski definition) is 9. The molecule has 0 N–H and O–H groups in total. The summed E-state index contributed by atoms with van der Waals surface area (Å²) in [5, 5.41) is 3.82. The van der Waals surface area contributed by atoms with Crippen LogP contribution in [-0.2, 0) is 26.1 Å². The minimum atomic E-state index is -3.71. The minimum Gasteiger partial charge on any atom is -0.452 e. The standard InChI is InChI=1S/C19H18N4O6S/c24-19(28-13-17-21-18(22-29-17)15-4-2-6-20-12-15)14-3-1-5-16(11-14)30(25,26)23-7-9-27-10-8-23/h1-6,11-12H,7-10,13H2. The summed E-state index contributed by atoms with van der Waals surface area (Å²) in [6.07, 6.45) is 3.21. The summed E-state index contributed by atoms with van der Waals surface area (Å²) < 4.78 is 42.3. The summed E-state index contributed by atoms with van der Waals surface area (Å²) in [7, 11) is -3.71. The van der Waals surface area contributed by atoms with E-state index in [9.17, 15) is 13.2 Å². The monoisotopic (exact) mass is 430 g/mol. The number of carbonyl (C=O) groups excluding carboxylic acids is 1. The van der Waals surface area contributed by atoms with Crippen LogP contribution in [0.4, 0.5) is 0 Å². The first-order valence-corrected chi connectivity index (χ1v) is 10.6. The van der Waals surface area contributed by atoms with E-state index in [1.165, 1.54) is 28.6 Å². The Morgan fingerprint density at radius 1 is 1.17 bits per heavy atom. The zero-order valence-corrected chi connectivity index (χ0v) is 16.6. The number of rotatable bonds is 6. The van der Waals surface area contributed by atoms with Crippen molar-refractivity contribution >= 4 is 16.0 Å². The van der Waals surface area contributed by atoms with Crippen LogP contribution in [0.25, 0.3) is 11.4 Å². The highest BCUT2D eigenvalue weighted by atomic mass is 32.2. The van der Waals surface area contributed by atoms with E-state index in [1.54, 1.807) is 24.5 Å². The number of benzene rings is 1. The Labute approximate surface area is 172 Å². The van der Waals surface area contributed by atoms with Gasteiger partial charge in [0.1, 0.15) is 0 Å². The topological polar surface area (TPSA) is 125 Å². The highest BCUT2D eigenvalue weighted by molar-refractivity contribution is 7.89. The molecule has 0 amide bonds. The maximum absolute atomic E-state index is 12.8. The number of pyridine rings is 1. The fourth-order valence-corrected chi connectivity index (χ4v) is 4.31. The molecule has 0 unspecified atom stereocenters. The minimum absolute atomic E-state index is 0.0236. The predicted molar refractivity (Wildman–Crippen MR) is 103 cm³/mol. The molecule has 3 heterocycles. The number of aromatic nitrogens is 3. The molecule has 0 atom stereocenters. The third kappa shape index (κ3) is 4.37. The summed E-state index contributed by atoms with van der Waals surface area (Å²) in [6, 6.07) is 9.23. The molecule has 1 aliphatic rings. The molecule has 3 aromatic rings. The average molecular weight is 430 g/mol. The van der Waals surface area contributed by atoms with Crippen LogP contribution < -0.4 is 0 Å². The number of sulfonamides is 1. The number of nitrogens with zero attached hydrogens (tertiary/aromatic N) is 4. The van der Waals surface area contributed by atoms with Crippen LogP contribution in [0.3, 0.4) is 0 Å². The van der Waals surface area contributed by atoms with E-state index in [-0.39, 0.29) is 36.0 Å². The molecular formula is C19H18N4O6S. The molecule has 0 radical (unpaired) electrons. The van der Waals surface area contributed by atoms with E-state index < -0.39 is 16.0 Å². The average Bonchev–Trinajstić information content (AvgIpc) is 3.28. The third-order valence-electron chi connectivity index (χ3n) is 4.39. The van der Waals surface area contributed by atoms with Gasteiger partial charge >= 0.3 is 5.97 Å². The van der Waals surface area contributed by atoms with Crippen LogP contribution >= 0.6 is 0 Å². The second-order valence-corrected chi connectivity index (χ2v) is 8.31. The van der Waals surface area contributed by atoms with Gasteiger partial charge in [-0.1, -0.05) is 11.2 Å². The van der Waals surface area contributed by atoms with Gasteiger partial charge in [-0.2, -0.15) is 9.29 Å². The highest BCUT2D eigenvalue weighted by Gasteiger charge is 2.27. The fourth-order valence-electron chi connectivity index (χ4n) is 2.86. The molecule has 4 rings (SSSR count).